The number of hydrogen-bond acceptors (Lipinski definition) is 4. The fraction of sp³-hybridized carbons (Fsp3) is 1.00. The van der Waals surface area contributed by atoms with Crippen LogP contribution in [0.1, 0.15) is 26.2 Å². The highest BCUT2D eigenvalue weighted by Gasteiger charge is 2.28. The smallest absolute Gasteiger partial charge is 0.0624 e. The molecular weight excluding hydrogens is 228 g/mol. The van der Waals surface area contributed by atoms with Gasteiger partial charge in [-0.25, -0.2) is 0 Å². The molecule has 2 atom stereocenters. The third-order valence-electron chi connectivity index (χ3n) is 4.58. The van der Waals surface area contributed by atoms with Crippen LogP contribution in [0.4, 0.5) is 0 Å². The molecule has 0 bridgehead atoms. The van der Waals surface area contributed by atoms with Crippen molar-refractivity contribution >= 4 is 0 Å². The Bertz CT molecular complexity index is 242. The summed E-state index contributed by atoms with van der Waals surface area (Å²) >= 11 is 0. The molecule has 0 aromatic carbocycles. The van der Waals surface area contributed by atoms with E-state index in [-0.39, 0.29) is 6.10 Å². The average molecular weight is 256 g/mol. The lowest BCUT2D eigenvalue weighted by molar-refractivity contribution is -0.0499. The predicted molar refractivity (Wildman–Crippen MR) is 72.7 cm³/mol. The van der Waals surface area contributed by atoms with Crippen molar-refractivity contribution in [1.82, 2.24) is 9.80 Å². The van der Waals surface area contributed by atoms with Gasteiger partial charge in [0.15, 0.2) is 0 Å². The van der Waals surface area contributed by atoms with Crippen LogP contribution in [0, 0.1) is 5.92 Å². The van der Waals surface area contributed by atoms with Crippen LogP contribution in [0.3, 0.4) is 0 Å². The van der Waals surface area contributed by atoms with Gasteiger partial charge in [-0.3, -0.25) is 0 Å². The molecule has 2 fully saturated rings. The first kappa shape index (κ1) is 14.3. The Morgan fingerprint density at radius 2 is 2.00 bits per heavy atom. The van der Waals surface area contributed by atoms with E-state index >= 15 is 0 Å². The highest BCUT2D eigenvalue weighted by molar-refractivity contribution is 4.81. The molecule has 1 N–H and O–H groups in total. The van der Waals surface area contributed by atoms with Gasteiger partial charge in [-0.05, 0) is 45.9 Å². The summed E-state index contributed by atoms with van der Waals surface area (Å²) in [7, 11) is 2.20. The third kappa shape index (κ3) is 3.67. The molecule has 0 amide bonds. The molecule has 2 unspecified atom stereocenters. The van der Waals surface area contributed by atoms with Crippen LogP contribution in [0.25, 0.3) is 0 Å². The number of likely N-dealkylation sites (tertiary alicyclic amines) is 1. The van der Waals surface area contributed by atoms with E-state index in [9.17, 15) is 5.11 Å². The van der Waals surface area contributed by atoms with Crippen LogP contribution < -0.4 is 0 Å². The lowest BCUT2D eigenvalue weighted by Gasteiger charge is -2.39. The third-order valence-corrected chi connectivity index (χ3v) is 4.58. The molecule has 18 heavy (non-hydrogen) atoms. The predicted octanol–water partition coefficient (Wildman–Crippen LogP) is 0.800. The molecule has 0 aromatic heterocycles. The summed E-state index contributed by atoms with van der Waals surface area (Å²) in [6.07, 6.45) is 3.14. The van der Waals surface area contributed by atoms with Gasteiger partial charge in [-0.1, -0.05) is 6.92 Å². The molecule has 4 nitrogen and oxygen atoms in total. The van der Waals surface area contributed by atoms with Gasteiger partial charge in [0.2, 0.25) is 0 Å². The zero-order chi connectivity index (χ0) is 13.0. The van der Waals surface area contributed by atoms with Crippen LogP contribution in [-0.4, -0.2) is 73.5 Å². The fourth-order valence-corrected chi connectivity index (χ4v) is 3.16. The summed E-state index contributed by atoms with van der Waals surface area (Å²) in [5, 5.41) is 9.98. The van der Waals surface area contributed by atoms with Crippen LogP contribution in [0.5, 0.6) is 0 Å². The number of nitrogens with zero attached hydrogens (tertiary/aromatic N) is 2. The Hall–Kier alpha value is -0.160. The minimum absolute atomic E-state index is 0.170. The van der Waals surface area contributed by atoms with Crippen molar-refractivity contribution in [2.24, 2.45) is 5.92 Å². The van der Waals surface area contributed by atoms with E-state index in [1.54, 1.807) is 0 Å². The van der Waals surface area contributed by atoms with Gasteiger partial charge in [-0.2, -0.15) is 0 Å². The quantitative estimate of drug-likeness (QED) is 0.807. The minimum Gasteiger partial charge on any atom is -0.393 e. The number of rotatable bonds is 4. The number of piperidine rings is 1. The van der Waals surface area contributed by atoms with Gasteiger partial charge in [0.25, 0.3) is 0 Å². The first-order valence-electron chi connectivity index (χ1n) is 7.39. The molecule has 0 radical (unpaired) electrons. The molecule has 2 rings (SSSR count). The molecule has 2 heterocycles. The molecule has 0 spiro atoms. The van der Waals surface area contributed by atoms with Crippen LogP contribution in [-0.2, 0) is 4.74 Å². The SMILES string of the molecule is CCN1CCC(N(C)CC2COCCC2O)CC1. The van der Waals surface area contributed by atoms with Crippen LogP contribution in [0.2, 0.25) is 0 Å². The Balaban J connectivity index is 1.75. The average Bonchev–Trinajstić information content (AvgIpc) is 2.41. The van der Waals surface area contributed by atoms with Crippen molar-refractivity contribution in [3.63, 3.8) is 0 Å². The fourth-order valence-electron chi connectivity index (χ4n) is 3.16. The van der Waals surface area contributed by atoms with Gasteiger partial charge in [0.05, 0.1) is 12.7 Å². The molecule has 0 saturated carbocycles. The molecule has 0 aliphatic carbocycles. The van der Waals surface area contributed by atoms with Crippen molar-refractivity contribution in [3.05, 3.63) is 0 Å². The lowest BCUT2D eigenvalue weighted by atomic mass is 9.96. The van der Waals surface area contributed by atoms with E-state index in [2.05, 4.69) is 23.8 Å². The summed E-state index contributed by atoms with van der Waals surface area (Å²) < 4.78 is 5.48. The van der Waals surface area contributed by atoms with Crippen LogP contribution in [0.15, 0.2) is 0 Å². The van der Waals surface area contributed by atoms with E-state index < -0.39 is 0 Å². The van der Waals surface area contributed by atoms with Crippen molar-refractivity contribution in [3.8, 4) is 0 Å². The van der Waals surface area contributed by atoms with Crippen molar-refractivity contribution in [2.45, 2.75) is 38.3 Å². The lowest BCUT2D eigenvalue weighted by Crippen LogP contribution is -2.47. The van der Waals surface area contributed by atoms with E-state index in [1.165, 1.54) is 32.5 Å². The van der Waals surface area contributed by atoms with Gasteiger partial charge >= 0.3 is 0 Å². The van der Waals surface area contributed by atoms with Crippen molar-refractivity contribution in [2.75, 3.05) is 46.4 Å². The molecule has 4 heteroatoms. The molecule has 2 aliphatic rings. The first-order chi connectivity index (χ1) is 8.70. The summed E-state index contributed by atoms with van der Waals surface area (Å²) in [6.45, 7) is 8.25. The zero-order valence-corrected chi connectivity index (χ0v) is 11.8. The maximum absolute atomic E-state index is 9.98. The zero-order valence-electron chi connectivity index (χ0n) is 11.8. The Morgan fingerprint density at radius 1 is 1.28 bits per heavy atom. The topological polar surface area (TPSA) is 35.9 Å². The molecule has 106 valence electrons. The van der Waals surface area contributed by atoms with Gasteiger partial charge < -0.3 is 19.6 Å². The van der Waals surface area contributed by atoms with E-state index in [4.69, 9.17) is 4.74 Å². The molecular formula is C14H28N2O2. The monoisotopic (exact) mass is 256 g/mol. The van der Waals surface area contributed by atoms with E-state index in [0.29, 0.717) is 12.0 Å². The minimum atomic E-state index is -0.170. The second kappa shape index (κ2) is 6.85. The van der Waals surface area contributed by atoms with Gasteiger partial charge in [0.1, 0.15) is 0 Å². The normalized spacial score (nSPS) is 32.0. The second-order valence-corrected chi connectivity index (χ2v) is 5.80. The second-order valence-electron chi connectivity index (χ2n) is 5.80. The summed E-state index contributed by atoms with van der Waals surface area (Å²) in [4.78, 5) is 4.96. The maximum Gasteiger partial charge on any atom is 0.0624 e. The molecule has 0 aromatic rings. The molecule has 2 saturated heterocycles. The first-order valence-corrected chi connectivity index (χ1v) is 7.39. The van der Waals surface area contributed by atoms with E-state index in [0.717, 1.165) is 26.2 Å². The van der Waals surface area contributed by atoms with Gasteiger partial charge in [-0.15, -0.1) is 0 Å². The summed E-state index contributed by atoms with van der Waals surface area (Å²) in [6, 6.07) is 0.682. The number of ether oxygens (including phenoxy) is 1. The Labute approximate surface area is 111 Å². The van der Waals surface area contributed by atoms with Crippen molar-refractivity contribution in [1.29, 1.82) is 0 Å². The van der Waals surface area contributed by atoms with E-state index in [1.807, 2.05) is 0 Å². The van der Waals surface area contributed by atoms with Crippen molar-refractivity contribution < 1.29 is 9.84 Å². The largest absolute Gasteiger partial charge is 0.393 e. The Kier molecular flexibility index (Phi) is 5.42. The highest BCUT2D eigenvalue weighted by atomic mass is 16.5. The van der Waals surface area contributed by atoms with Gasteiger partial charge in [0, 0.05) is 25.1 Å². The highest BCUT2D eigenvalue weighted by Crippen LogP contribution is 2.20. The number of aliphatic hydroxyl groups excluding tert-OH is 1. The standard InChI is InChI=1S/C14H28N2O2/c1-3-16-7-4-13(5-8-16)15(2)10-12-11-18-9-6-14(12)17/h12-14,17H,3-11H2,1-2H3. The summed E-state index contributed by atoms with van der Waals surface area (Å²) in [5.74, 6) is 0.299. The maximum atomic E-state index is 9.98. The number of aliphatic hydroxyl groups is 1. The van der Waals surface area contributed by atoms with Crippen LogP contribution >= 0.6 is 0 Å². The molecule has 2 aliphatic heterocycles. The summed E-state index contributed by atoms with van der Waals surface area (Å²) in [5.41, 5.74) is 0. The Morgan fingerprint density at radius 3 is 2.61 bits per heavy atom. The number of hydrogen-bond donors (Lipinski definition) is 1.